The number of nitrogens with one attached hydrogen (secondary N) is 1. The second kappa shape index (κ2) is 4.03. The van der Waals surface area contributed by atoms with Crippen molar-refractivity contribution in [2.45, 2.75) is 18.8 Å². The number of hydrogen-bond donors (Lipinski definition) is 1. The summed E-state index contributed by atoms with van der Waals surface area (Å²) in [6.07, 6.45) is 4.21. The van der Waals surface area contributed by atoms with Crippen LogP contribution in [0.15, 0.2) is 18.3 Å². The fourth-order valence-electron chi connectivity index (χ4n) is 2.26. The third kappa shape index (κ3) is 1.68. The van der Waals surface area contributed by atoms with Crippen molar-refractivity contribution in [3.8, 4) is 0 Å². The van der Waals surface area contributed by atoms with Gasteiger partial charge in [0.2, 0.25) is 0 Å². The van der Waals surface area contributed by atoms with Crippen LogP contribution in [0.1, 0.15) is 24.5 Å². The summed E-state index contributed by atoms with van der Waals surface area (Å²) in [6, 6.07) is 3.68. The zero-order chi connectivity index (χ0) is 11.0. The molecule has 0 unspecified atom stereocenters. The molecule has 1 aliphatic rings. The number of imidazole rings is 1. The molecule has 2 aromatic rings. The van der Waals surface area contributed by atoms with Crippen LogP contribution in [-0.4, -0.2) is 27.7 Å². The fraction of sp³-hybridized carbons (Fsp3) is 0.455. The highest BCUT2D eigenvalue weighted by atomic mass is 35.5. The smallest absolute Gasteiger partial charge is 0.153 e. The summed E-state index contributed by atoms with van der Waals surface area (Å²) in [7, 11) is 0. The Morgan fingerprint density at radius 3 is 2.94 bits per heavy atom. The molecule has 1 N–H and O–H groups in total. The molecule has 2 aromatic heterocycles. The zero-order valence-electron chi connectivity index (χ0n) is 8.86. The van der Waals surface area contributed by atoms with E-state index in [1.807, 2.05) is 16.8 Å². The van der Waals surface area contributed by atoms with Gasteiger partial charge in [0.1, 0.15) is 5.15 Å². The molecule has 1 fully saturated rings. The van der Waals surface area contributed by atoms with Crippen molar-refractivity contribution in [3.63, 3.8) is 0 Å². The first-order chi connectivity index (χ1) is 7.84. The van der Waals surface area contributed by atoms with Crippen LogP contribution in [-0.2, 0) is 0 Å². The van der Waals surface area contributed by atoms with Crippen molar-refractivity contribution in [3.05, 3.63) is 29.2 Å². The summed E-state index contributed by atoms with van der Waals surface area (Å²) in [4.78, 5) is 4.36. The van der Waals surface area contributed by atoms with E-state index in [1.165, 1.54) is 5.69 Å². The van der Waals surface area contributed by atoms with Crippen molar-refractivity contribution in [2.75, 3.05) is 13.1 Å². The van der Waals surface area contributed by atoms with E-state index >= 15 is 0 Å². The van der Waals surface area contributed by atoms with Gasteiger partial charge in [-0.2, -0.15) is 5.10 Å². The van der Waals surface area contributed by atoms with E-state index in [0.29, 0.717) is 11.1 Å². The summed E-state index contributed by atoms with van der Waals surface area (Å²) < 4.78 is 1.87. The number of hydrogen-bond acceptors (Lipinski definition) is 3. The SMILES string of the molecule is Clc1ccc2ncc(C3CCNCC3)n2n1. The molecule has 1 aliphatic heterocycles. The number of rotatable bonds is 1. The van der Waals surface area contributed by atoms with Gasteiger partial charge in [-0.05, 0) is 38.1 Å². The van der Waals surface area contributed by atoms with Gasteiger partial charge in [-0.25, -0.2) is 9.50 Å². The van der Waals surface area contributed by atoms with Crippen LogP contribution < -0.4 is 5.32 Å². The lowest BCUT2D eigenvalue weighted by molar-refractivity contribution is 0.448. The molecule has 3 rings (SSSR count). The zero-order valence-corrected chi connectivity index (χ0v) is 9.61. The van der Waals surface area contributed by atoms with Crippen LogP contribution in [0.2, 0.25) is 5.15 Å². The number of piperidine rings is 1. The average molecular weight is 237 g/mol. The highest BCUT2D eigenvalue weighted by molar-refractivity contribution is 6.29. The minimum atomic E-state index is 0.515. The molecule has 16 heavy (non-hydrogen) atoms. The Morgan fingerprint density at radius 2 is 2.12 bits per heavy atom. The first kappa shape index (κ1) is 10.1. The third-order valence-corrected chi connectivity index (χ3v) is 3.32. The normalized spacial score (nSPS) is 18.1. The monoisotopic (exact) mass is 236 g/mol. The molecule has 84 valence electrons. The molecule has 0 aliphatic carbocycles. The van der Waals surface area contributed by atoms with Gasteiger partial charge >= 0.3 is 0 Å². The van der Waals surface area contributed by atoms with Crippen molar-refractivity contribution in [2.24, 2.45) is 0 Å². The first-order valence-electron chi connectivity index (χ1n) is 5.55. The Bertz CT molecular complexity index is 502. The molecular weight excluding hydrogens is 224 g/mol. The van der Waals surface area contributed by atoms with Gasteiger partial charge < -0.3 is 5.32 Å². The predicted molar refractivity (Wildman–Crippen MR) is 62.8 cm³/mol. The highest BCUT2D eigenvalue weighted by Crippen LogP contribution is 2.25. The Labute approximate surface area is 98.6 Å². The van der Waals surface area contributed by atoms with E-state index in [0.717, 1.165) is 31.6 Å². The lowest BCUT2D eigenvalue weighted by Crippen LogP contribution is -2.27. The third-order valence-electron chi connectivity index (χ3n) is 3.11. The molecule has 0 radical (unpaired) electrons. The molecule has 0 aromatic carbocycles. The van der Waals surface area contributed by atoms with Crippen molar-refractivity contribution < 1.29 is 0 Å². The quantitative estimate of drug-likeness (QED) is 0.822. The van der Waals surface area contributed by atoms with Gasteiger partial charge in [0.15, 0.2) is 5.65 Å². The Balaban J connectivity index is 2.05. The van der Waals surface area contributed by atoms with Crippen molar-refractivity contribution in [1.29, 1.82) is 0 Å². The van der Waals surface area contributed by atoms with Gasteiger partial charge in [0.05, 0.1) is 11.9 Å². The van der Waals surface area contributed by atoms with E-state index in [4.69, 9.17) is 11.6 Å². The van der Waals surface area contributed by atoms with Gasteiger partial charge in [0, 0.05) is 5.92 Å². The Hall–Kier alpha value is -1.13. The maximum atomic E-state index is 5.91. The topological polar surface area (TPSA) is 42.2 Å². The number of nitrogens with zero attached hydrogens (tertiary/aromatic N) is 3. The number of fused-ring (bicyclic) bond motifs is 1. The largest absolute Gasteiger partial charge is 0.317 e. The minimum absolute atomic E-state index is 0.515. The van der Waals surface area contributed by atoms with Crippen LogP contribution in [0.3, 0.4) is 0 Å². The van der Waals surface area contributed by atoms with Gasteiger partial charge in [0.25, 0.3) is 0 Å². The maximum Gasteiger partial charge on any atom is 0.153 e. The van der Waals surface area contributed by atoms with Crippen LogP contribution in [0.5, 0.6) is 0 Å². The predicted octanol–water partition coefficient (Wildman–Crippen LogP) is 1.85. The van der Waals surface area contributed by atoms with Gasteiger partial charge in [-0.3, -0.25) is 0 Å². The van der Waals surface area contributed by atoms with E-state index in [2.05, 4.69) is 15.4 Å². The fourth-order valence-corrected chi connectivity index (χ4v) is 2.40. The molecule has 1 saturated heterocycles. The molecular formula is C11H13ClN4. The molecule has 0 bridgehead atoms. The second-order valence-electron chi connectivity index (χ2n) is 4.13. The van der Waals surface area contributed by atoms with Crippen molar-refractivity contribution >= 4 is 17.2 Å². The summed E-state index contributed by atoms with van der Waals surface area (Å²) in [6.45, 7) is 2.14. The summed E-state index contributed by atoms with van der Waals surface area (Å²) in [5.74, 6) is 0.544. The molecule has 3 heterocycles. The van der Waals surface area contributed by atoms with Crippen molar-refractivity contribution in [1.82, 2.24) is 19.9 Å². The van der Waals surface area contributed by atoms with E-state index in [9.17, 15) is 0 Å². The average Bonchev–Trinajstić information content (AvgIpc) is 2.73. The molecule has 0 spiro atoms. The Morgan fingerprint density at radius 1 is 1.31 bits per heavy atom. The molecule has 5 heteroatoms. The second-order valence-corrected chi connectivity index (χ2v) is 4.52. The Kier molecular flexibility index (Phi) is 2.53. The van der Waals surface area contributed by atoms with E-state index in [-0.39, 0.29) is 0 Å². The maximum absolute atomic E-state index is 5.91. The molecule has 4 nitrogen and oxygen atoms in total. The summed E-state index contributed by atoms with van der Waals surface area (Å²) in [5, 5.41) is 8.18. The van der Waals surface area contributed by atoms with Gasteiger partial charge in [-0.15, -0.1) is 0 Å². The first-order valence-corrected chi connectivity index (χ1v) is 5.93. The van der Waals surface area contributed by atoms with Crippen LogP contribution in [0.25, 0.3) is 5.65 Å². The molecule has 0 saturated carbocycles. The molecule has 0 amide bonds. The minimum Gasteiger partial charge on any atom is -0.317 e. The van der Waals surface area contributed by atoms with E-state index in [1.54, 1.807) is 6.07 Å². The number of halogens is 1. The highest BCUT2D eigenvalue weighted by Gasteiger charge is 2.19. The molecule has 0 atom stereocenters. The van der Waals surface area contributed by atoms with Gasteiger partial charge in [-0.1, -0.05) is 11.6 Å². The standard InChI is InChI=1S/C11H13ClN4/c12-10-1-2-11-14-7-9(16(11)15-10)8-3-5-13-6-4-8/h1-2,7-8,13H,3-6H2. The summed E-state index contributed by atoms with van der Waals surface area (Å²) in [5.41, 5.74) is 2.05. The van der Waals surface area contributed by atoms with Crippen LogP contribution in [0.4, 0.5) is 0 Å². The van der Waals surface area contributed by atoms with E-state index < -0.39 is 0 Å². The lowest BCUT2D eigenvalue weighted by Gasteiger charge is -2.21. The van der Waals surface area contributed by atoms with Crippen LogP contribution >= 0.6 is 11.6 Å². The number of aromatic nitrogens is 3. The van der Waals surface area contributed by atoms with Crippen LogP contribution in [0, 0.1) is 0 Å². The lowest BCUT2D eigenvalue weighted by atomic mass is 9.95. The summed E-state index contributed by atoms with van der Waals surface area (Å²) >= 11 is 5.91.